The summed E-state index contributed by atoms with van der Waals surface area (Å²) in [6.07, 6.45) is 11.6. The van der Waals surface area contributed by atoms with Crippen molar-refractivity contribution < 1.29 is 0 Å². The van der Waals surface area contributed by atoms with E-state index in [-0.39, 0.29) is 6.04 Å². The van der Waals surface area contributed by atoms with Crippen molar-refractivity contribution in [3.8, 4) is 22.6 Å². The van der Waals surface area contributed by atoms with Crippen molar-refractivity contribution in [1.82, 2.24) is 35.5 Å². The molecule has 1 aliphatic heterocycles. The van der Waals surface area contributed by atoms with E-state index in [1.165, 1.54) is 5.70 Å². The molecule has 2 aliphatic rings. The van der Waals surface area contributed by atoms with E-state index in [9.17, 15) is 0 Å². The molecule has 1 aliphatic carbocycles. The number of allylic oxidation sites excluding steroid dienone is 2. The number of aromatic amines is 2. The smallest absolute Gasteiger partial charge is 0.135 e. The monoisotopic (exact) mass is 415 g/mol. The highest BCUT2D eigenvalue weighted by Gasteiger charge is 2.36. The van der Waals surface area contributed by atoms with Crippen LogP contribution in [0.25, 0.3) is 39.3 Å². The van der Waals surface area contributed by atoms with Gasteiger partial charge in [-0.15, -0.1) is 0 Å². The lowest BCUT2D eigenvalue weighted by Gasteiger charge is -2.06. The zero-order valence-corrected chi connectivity index (χ0v) is 16.9. The van der Waals surface area contributed by atoms with E-state index in [0.29, 0.717) is 0 Å². The first-order valence-corrected chi connectivity index (χ1v) is 10.4. The second-order valence-corrected chi connectivity index (χ2v) is 7.93. The van der Waals surface area contributed by atoms with E-state index >= 15 is 0 Å². The Hall–Kier alpha value is -4.52. The predicted octanol–water partition coefficient (Wildman–Crippen LogP) is 4.38. The van der Waals surface area contributed by atoms with E-state index < -0.39 is 0 Å². The van der Waals surface area contributed by atoms with Crippen molar-refractivity contribution in [3.05, 3.63) is 102 Å². The minimum atomic E-state index is 0.203. The van der Waals surface area contributed by atoms with Gasteiger partial charge in [-0.25, -0.2) is 4.98 Å². The van der Waals surface area contributed by atoms with Crippen LogP contribution in [0.15, 0.2) is 85.1 Å². The van der Waals surface area contributed by atoms with Crippen LogP contribution in [0.2, 0.25) is 0 Å². The fourth-order valence-electron chi connectivity index (χ4n) is 4.35. The summed E-state index contributed by atoms with van der Waals surface area (Å²) < 4.78 is 0. The van der Waals surface area contributed by atoms with Gasteiger partial charge in [0, 0.05) is 47.2 Å². The first kappa shape index (κ1) is 17.2. The number of pyridine rings is 3. The van der Waals surface area contributed by atoms with Gasteiger partial charge in [0.15, 0.2) is 0 Å². The molecule has 3 N–H and O–H groups in total. The number of fused-ring (bicyclic) bond motifs is 4. The summed E-state index contributed by atoms with van der Waals surface area (Å²) in [5, 5.41) is 11.2. The lowest BCUT2D eigenvalue weighted by molar-refractivity contribution is 1.01. The molecule has 152 valence electrons. The Balaban J connectivity index is 1.38. The number of rotatable bonds is 3. The number of hydrogen-bond acceptors (Lipinski definition) is 5. The first-order chi connectivity index (χ1) is 15.8. The third-order valence-electron chi connectivity index (χ3n) is 6.01. The zero-order chi connectivity index (χ0) is 21.1. The second kappa shape index (κ2) is 6.49. The van der Waals surface area contributed by atoms with Gasteiger partial charge in [0.25, 0.3) is 0 Å². The van der Waals surface area contributed by atoms with Gasteiger partial charge in [0.2, 0.25) is 0 Å². The number of nitrogens with zero attached hydrogens (tertiary/aromatic N) is 4. The lowest BCUT2D eigenvalue weighted by Crippen LogP contribution is -1.93. The molecule has 32 heavy (non-hydrogen) atoms. The molecule has 5 aromatic rings. The van der Waals surface area contributed by atoms with Crippen molar-refractivity contribution in [2.45, 2.75) is 6.04 Å². The summed E-state index contributed by atoms with van der Waals surface area (Å²) in [6.45, 7) is 0. The van der Waals surface area contributed by atoms with E-state index in [0.717, 1.165) is 56.1 Å². The maximum atomic E-state index is 4.92. The summed E-state index contributed by atoms with van der Waals surface area (Å²) in [5.74, 6) is 0. The summed E-state index contributed by atoms with van der Waals surface area (Å²) >= 11 is 0. The first-order valence-electron chi connectivity index (χ1n) is 10.4. The van der Waals surface area contributed by atoms with Gasteiger partial charge in [0.1, 0.15) is 17.3 Å². The Bertz CT molecular complexity index is 1540. The number of hydrogen-bond donors (Lipinski definition) is 3. The Kier molecular flexibility index (Phi) is 3.48. The van der Waals surface area contributed by atoms with E-state index in [1.54, 1.807) is 18.6 Å². The summed E-state index contributed by atoms with van der Waals surface area (Å²) in [5.41, 5.74) is 11.1. The fraction of sp³-hybridized carbons (Fsp3) is 0.0400. The third-order valence-corrected chi connectivity index (χ3v) is 6.01. The van der Waals surface area contributed by atoms with Gasteiger partial charge in [-0.1, -0.05) is 12.1 Å². The third kappa shape index (κ3) is 2.61. The van der Waals surface area contributed by atoms with Gasteiger partial charge in [-0.2, -0.15) is 5.10 Å². The SMILES string of the molecule is C1=C(c2cccnc2)c2cc(-c3n[nH]c4ccc(-c5ccncc5)nc34)[nH]c2C2NC2=C1. The summed E-state index contributed by atoms with van der Waals surface area (Å²) in [6, 6.07) is 14.4. The van der Waals surface area contributed by atoms with Crippen LogP contribution < -0.4 is 5.32 Å². The maximum absolute atomic E-state index is 4.92. The molecule has 1 saturated heterocycles. The minimum absolute atomic E-state index is 0.203. The second-order valence-electron chi connectivity index (χ2n) is 7.93. The largest absolute Gasteiger partial charge is 0.373 e. The Labute approximate surface area is 183 Å². The number of nitrogens with one attached hydrogen (secondary N) is 3. The topological polar surface area (TPSA) is 105 Å². The summed E-state index contributed by atoms with van der Waals surface area (Å²) in [7, 11) is 0. The highest BCUT2D eigenvalue weighted by Crippen LogP contribution is 2.43. The van der Waals surface area contributed by atoms with Gasteiger partial charge < -0.3 is 10.3 Å². The molecule has 0 aromatic carbocycles. The van der Waals surface area contributed by atoms with E-state index in [2.05, 4.69) is 54.8 Å². The van der Waals surface area contributed by atoms with Crippen molar-refractivity contribution in [2.24, 2.45) is 0 Å². The Morgan fingerprint density at radius 1 is 0.875 bits per heavy atom. The van der Waals surface area contributed by atoms with Crippen molar-refractivity contribution in [2.75, 3.05) is 0 Å². The van der Waals surface area contributed by atoms with Crippen molar-refractivity contribution in [1.29, 1.82) is 0 Å². The normalized spacial score (nSPS) is 16.4. The molecule has 1 unspecified atom stereocenters. The maximum Gasteiger partial charge on any atom is 0.135 e. The van der Waals surface area contributed by atoms with Crippen LogP contribution in [0, 0.1) is 0 Å². The minimum Gasteiger partial charge on any atom is -0.373 e. The summed E-state index contributed by atoms with van der Waals surface area (Å²) in [4.78, 5) is 17.0. The molecular formula is C25H17N7. The van der Waals surface area contributed by atoms with Crippen LogP contribution in [0.4, 0.5) is 0 Å². The van der Waals surface area contributed by atoms with Gasteiger partial charge in [-0.05, 0) is 48.0 Å². The lowest BCUT2D eigenvalue weighted by atomic mass is 9.98. The molecular weight excluding hydrogens is 398 g/mol. The average Bonchev–Trinajstić information content (AvgIpc) is 3.34. The van der Waals surface area contributed by atoms with Crippen LogP contribution in [-0.4, -0.2) is 30.1 Å². The highest BCUT2D eigenvalue weighted by atomic mass is 15.2. The highest BCUT2D eigenvalue weighted by molar-refractivity contribution is 5.92. The molecule has 1 fully saturated rings. The van der Waals surface area contributed by atoms with Crippen LogP contribution in [0.1, 0.15) is 22.9 Å². The molecule has 1 atom stereocenters. The fourth-order valence-corrected chi connectivity index (χ4v) is 4.35. The molecule has 5 aromatic heterocycles. The van der Waals surface area contributed by atoms with Crippen LogP contribution in [-0.2, 0) is 0 Å². The van der Waals surface area contributed by atoms with Gasteiger partial charge in [0.05, 0.1) is 22.6 Å². The number of aromatic nitrogens is 6. The number of H-pyrrole nitrogens is 2. The van der Waals surface area contributed by atoms with Crippen molar-refractivity contribution >= 4 is 16.6 Å². The molecule has 0 spiro atoms. The zero-order valence-electron chi connectivity index (χ0n) is 16.9. The molecule has 0 amide bonds. The van der Waals surface area contributed by atoms with Crippen molar-refractivity contribution in [3.63, 3.8) is 0 Å². The van der Waals surface area contributed by atoms with E-state index in [1.807, 2.05) is 36.5 Å². The molecule has 7 heteroatoms. The van der Waals surface area contributed by atoms with Gasteiger partial charge in [-0.3, -0.25) is 15.1 Å². The van der Waals surface area contributed by atoms with Crippen LogP contribution >= 0.6 is 0 Å². The molecule has 0 radical (unpaired) electrons. The van der Waals surface area contributed by atoms with Gasteiger partial charge >= 0.3 is 0 Å². The van der Waals surface area contributed by atoms with E-state index in [4.69, 9.17) is 4.98 Å². The molecule has 7 nitrogen and oxygen atoms in total. The quantitative estimate of drug-likeness (QED) is 0.379. The molecule has 0 saturated carbocycles. The van der Waals surface area contributed by atoms with Crippen LogP contribution in [0.3, 0.4) is 0 Å². The molecule has 0 bridgehead atoms. The Morgan fingerprint density at radius 2 is 1.81 bits per heavy atom. The predicted molar refractivity (Wildman–Crippen MR) is 122 cm³/mol. The van der Waals surface area contributed by atoms with Crippen LogP contribution in [0.5, 0.6) is 0 Å². The molecule has 7 rings (SSSR count). The average molecular weight is 415 g/mol. The molecule has 6 heterocycles. The Morgan fingerprint density at radius 3 is 2.69 bits per heavy atom. The standard InChI is InChI=1S/C25H17N7/c1-2-15(13-27-9-1)16-3-4-19-23(29-19)22-17(16)12-21(30-22)25-24-20(31-32-25)6-5-18(28-24)14-7-10-26-11-8-14/h1-13,23,29-30H,(H,31,32).